The SMILES string of the molecule is C=C(CC)c1cnc(-c2cc(Cl)ccc2F)cc1N=C(N)/C(=C\N)C(=O)O.CCCN. The van der Waals surface area contributed by atoms with Gasteiger partial charge in [0, 0.05) is 28.5 Å². The monoisotopic (exact) mass is 447 g/mol. The van der Waals surface area contributed by atoms with Crippen LogP contribution in [-0.4, -0.2) is 28.4 Å². The lowest BCUT2D eigenvalue weighted by Crippen LogP contribution is -2.22. The number of carbonyl (C=O) groups is 1. The van der Waals surface area contributed by atoms with E-state index in [4.69, 9.17) is 33.9 Å². The van der Waals surface area contributed by atoms with Crippen LogP contribution < -0.4 is 17.2 Å². The average molecular weight is 448 g/mol. The lowest BCUT2D eigenvalue weighted by Gasteiger charge is -2.11. The molecule has 0 aliphatic carbocycles. The van der Waals surface area contributed by atoms with E-state index in [1.165, 1.54) is 30.5 Å². The summed E-state index contributed by atoms with van der Waals surface area (Å²) in [5, 5.41) is 9.49. The predicted octanol–water partition coefficient (Wildman–Crippen LogP) is 4.24. The number of halogens is 2. The van der Waals surface area contributed by atoms with Gasteiger partial charge in [-0.05, 0) is 49.2 Å². The quantitative estimate of drug-likeness (QED) is 0.284. The van der Waals surface area contributed by atoms with E-state index >= 15 is 0 Å². The van der Waals surface area contributed by atoms with Gasteiger partial charge in [-0.15, -0.1) is 0 Å². The second-order valence-electron chi connectivity index (χ2n) is 6.34. The van der Waals surface area contributed by atoms with E-state index in [-0.39, 0.29) is 22.7 Å². The van der Waals surface area contributed by atoms with E-state index in [0.29, 0.717) is 28.3 Å². The molecule has 31 heavy (non-hydrogen) atoms. The van der Waals surface area contributed by atoms with Gasteiger partial charge in [-0.1, -0.05) is 32.0 Å². The Bertz CT molecular complexity index is 1000. The number of aromatic nitrogens is 1. The molecule has 9 heteroatoms. The number of nitrogens with two attached hydrogens (primary N) is 3. The summed E-state index contributed by atoms with van der Waals surface area (Å²) in [7, 11) is 0. The van der Waals surface area contributed by atoms with Gasteiger partial charge in [-0.25, -0.2) is 14.2 Å². The minimum Gasteiger partial charge on any atom is -0.478 e. The first kappa shape index (κ1) is 25.8. The number of rotatable bonds is 7. The minimum atomic E-state index is -1.32. The number of aliphatic imine (C=N–C) groups is 1. The Labute approximate surface area is 186 Å². The highest BCUT2D eigenvalue weighted by Crippen LogP contribution is 2.32. The zero-order valence-electron chi connectivity index (χ0n) is 17.5. The molecule has 0 bridgehead atoms. The van der Waals surface area contributed by atoms with Crippen LogP contribution in [0.3, 0.4) is 0 Å². The van der Waals surface area contributed by atoms with Crippen molar-refractivity contribution in [2.45, 2.75) is 26.7 Å². The molecule has 0 atom stereocenters. The van der Waals surface area contributed by atoms with Crippen LogP contribution in [0, 0.1) is 5.82 Å². The van der Waals surface area contributed by atoms with Crippen molar-refractivity contribution in [3.05, 3.63) is 65.2 Å². The maximum atomic E-state index is 14.2. The van der Waals surface area contributed by atoms with Gasteiger partial charge in [-0.3, -0.25) is 4.98 Å². The van der Waals surface area contributed by atoms with Gasteiger partial charge in [0.15, 0.2) is 0 Å². The van der Waals surface area contributed by atoms with Crippen LogP contribution in [0.5, 0.6) is 0 Å². The highest BCUT2D eigenvalue weighted by atomic mass is 35.5. The second-order valence-corrected chi connectivity index (χ2v) is 6.78. The fraction of sp³-hybridized carbons (Fsp3) is 0.227. The first-order valence-corrected chi connectivity index (χ1v) is 9.91. The van der Waals surface area contributed by atoms with Crippen molar-refractivity contribution < 1.29 is 14.3 Å². The number of carboxylic acids is 1. The number of carboxylic acid groups (broad SMARTS) is 1. The molecule has 1 heterocycles. The van der Waals surface area contributed by atoms with E-state index in [9.17, 15) is 9.18 Å². The average Bonchev–Trinajstić information content (AvgIpc) is 2.75. The number of amidine groups is 1. The third-order valence-electron chi connectivity index (χ3n) is 4.10. The molecule has 0 saturated carbocycles. The van der Waals surface area contributed by atoms with E-state index < -0.39 is 11.8 Å². The number of allylic oxidation sites excluding steroid dienone is 1. The first-order chi connectivity index (χ1) is 14.7. The minimum absolute atomic E-state index is 0.180. The fourth-order valence-electron chi connectivity index (χ4n) is 2.30. The summed E-state index contributed by atoms with van der Waals surface area (Å²) in [6.07, 6.45) is 4.04. The van der Waals surface area contributed by atoms with E-state index in [1.807, 2.05) is 6.92 Å². The van der Waals surface area contributed by atoms with Crippen LogP contribution in [0.2, 0.25) is 5.02 Å². The standard InChI is InChI=1S/C19H18ClFN4O2.C3H9N/c1-3-10(2)14-9-24-16(12-6-11(20)4-5-15(12)21)7-17(14)25-18(23)13(8-22)19(26)27;1-2-3-4/h4-9H,2-3,22H2,1H3,(H,26,27)(H2,23,24,25);2-4H2,1H3/b13-8+;. The number of benzene rings is 1. The van der Waals surface area contributed by atoms with Gasteiger partial charge in [0.1, 0.15) is 17.2 Å². The van der Waals surface area contributed by atoms with Gasteiger partial charge in [0.2, 0.25) is 0 Å². The van der Waals surface area contributed by atoms with Crippen LogP contribution in [0.25, 0.3) is 16.8 Å². The van der Waals surface area contributed by atoms with Gasteiger partial charge < -0.3 is 22.3 Å². The Morgan fingerprint density at radius 2 is 2.00 bits per heavy atom. The molecule has 7 N–H and O–H groups in total. The van der Waals surface area contributed by atoms with Crippen molar-refractivity contribution in [2.75, 3.05) is 6.54 Å². The first-order valence-electron chi connectivity index (χ1n) is 9.53. The lowest BCUT2D eigenvalue weighted by molar-refractivity contribution is -0.132. The topological polar surface area (TPSA) is 141 Å². The highest BCUT2D eigenvalue weighted by Gasteiger charge is 2.15. The molecular weight excluding hydrogens is 421 g/mol. The van der Waals surface area contributed by atoms with Crippen molar-refractivity contribution in [1.29, 1.82) is 0 Å². The van der Waals surface area contributed by atoms with E-state index in [0.717, 1.165) is 19.2 Å². The summed E-state index contributed by atoms with van der Waals surface area (Å²) in [5.41, 5.74) is 17.8. The number of nitrogens with zero attached hydrogens (tertiary/aromatic N) is 2. The van der Waals surface area contributed by atoms with Crippen molar-refractivity contribution in [3.63, 3.8) is 0 Å². The second kappa shape index (κ2) is 12.5. The fourth-order valence-corrected chi connectivity index (χ4v) is 2.47. The van der Waals surface area contributed by atoms with Gasteiger partial charge in [-0.2, -0.15) is 0 Å². The molecule has 166 valence electrons. The Morgan fingerprint density at radius 1 is 1.35 bits per heavy atom. The molecule has 0 aliphatic heterocycles. The predicted molar refractivity (Wildman–Crippen MR) is 125 cm³/mol. The molecule has 0 saturated heterocycles. The van der Waals surface area contributed by atoms with E-state index in [2.05, 4.69) is 23.5 Å². The molecule has 0 unspecified atom stereocenters. The molecule has 0 radical (unpaired) electrons. The summed E-state index contributed by atoms with van der Waals surface area (Å²) in [6, 6.07) is 5.59. The molecule has 2 rings (SSSR count). The summed E-state index contributed by atoms with van der Waals surface area (Å²) in [4.78, 5) is 19.6. The molecule has 0 aliphatic rings. The molecule has 1 aromatic carbocycles. The summed E-state index contributed by atoms with van der Waals surface area (Å²) in [6.45, 7) is 8.71. The van der Waals surface area contributed by atoms with Crippen LogP contribution in [0.4, 0.5) is 10.1 Å². The molecule has 1 aromatic heterocycles. The zero-order valence-corrected chi connectivity index (χ0v) is 18.3. The molecule has 2 aromatic rings. The normalized spacial score (nSPS) is 11.5. The zero-order chi connectivity index (χ0) is 23.6. The summed E-state index contributed by atoms with van der Waals surface area (Å²) in [5.74, 6) is -2.12. The maximum absolute atomic E-state index is 14.2. The van der Waals surface area contributed by atoms with Crippen molar-refractivity contribution >= 4 is 34.7 Å². The van der Waals surface area contributed by atoms with Crippen molar-refractivity contribution in [2.24, 2.45) is 22.2 Å². The molecule has 0 fully saturated rings. The van der Waals surface area contributed by atoms with Gasteiger partial charge in [0.25, 0.3) is 0 Å². The maximum Gasteiger partial charge on any atom is 0.340 e. The summed E-state index contributed by atoms with van der Waals surface area (Å²) < 4.78 is 14.2. The highest BCUT2D eigenvalue weighted by molar-refractivity contribution is 6.30. The van der Waals surface area contributed by atoms with Crippen molar-refractivity contribution in [1.82, 2.24) is 4.98 Å². The molecular formula is C22H27ClFN5O2. The number of aliphatic carboxylic acids is 1. The Morgan fingerprint density at radius 3 is 2.52 bits per heavy atom. The largest absolute Gasteiger partial charge is 0.478 e. The van der Waals surface area contributed by atoms with Crippen LogP contribution in [0.1, 0.15) is 32.3 Å². The smallest absolute Gasteiger partial charge is 0.340 e. The van der Waals surface area contributed by atoms with Gasteiger partial charge >= 0.3 is 5.97 Å². The Hall–Kier alpha value is -3.23. The van der Waals surface area contributed by atoms with Crippen molar-refractivity contribution in [3.8, 4) is 11.3 Å². The molecule has 0 spiro atoms. The van der Waals surface area contributed by atoms with Crippen LogP contribution in [0.15, 0.2) is 53.8 Å². The third-order valence-corrected chi connectivity index (χ3v) is 4.33. The van der Waals surface area contributed by atoms with Gasteiger partial charge in [0.05, 0.1) is 11.4 Å². The van der Waals surface area contributed by atoms with Crippen LogP contribution >= 0.6 is 11.6 Å². The molecule has 7 nitrogen and oxygen atoms in total. The van der Waals surface area contributed by atoms with E-state index in [1.54, 1.807) is 0 Å². The Kier molecular flexibility index (Phi) is 10.4. The number of pyridine rings is 1. The lowest BCUT2D eigenvalue weighted by atomic mass is 10.0. The van der Waals surface area contributed by atoms with Crippen LogP contribution in [-0.2, 0) is 4.79 Å². The number of hydrogen-bond donors (Lipinski definition) is 4. The third kappa shape index (κ3) is 7.20. The Balaban J connectivity index is 0.00000110. The molecule has 0 amide bonds. The number of hydrogen-bond acceptors (Lipinski definition) is 5. The summed E-state index contributed by atoms with van der Waals surface area (Å²) >= 11 is 5.95.